The van der Waals surface area contributed by atoms with Crippen molar-refractivity contribution in [2.75, 3.05) is 0 Å². The molecule has 0 fully saturated rings. The van der Waals surface area contributed by atoms with E-state index in [-0.39, 0.29) is 32.6 Å². The van der Waals surface area contributed by atoms with Crippen LogP contribution in [0.5, 0.6) is 0 Å². The van der Waals surface area contributed by atoms with Gasteiger partial charge < -0.3 is 9.97 Å². The smallest absolute Gasteiger partial charge is 0.213 e. The van der Waals surface area contributed by atoms with Gasteiger partial charge in [0.25, 0.3) is 0 Å². The van der Waals surface area contributed by atoms with Gasteiger partial charge in [0, 0.05) is 21.8 Å². The van der Waals surface area contributed by atoms with Crippen molar-refractivity contribution < 1.29 is 0 Å². The summed E-state index contributed by atoms with van der Waals surface area (Å²) in [6.45, 7) is 0. The minimum Gasteiger partial charge on any atom is -0.350 e. The van der Waals surface area contributed by atoms with E-state index >= 15 is 0 Å². The normalized spacial score (nSPS) is 12.4. The Hall–Kier alpha value is -4.94. The Labute approximate surface area is 179 Å². The Bertz CT molecular complexity index is 1900. The van der Waals surface area contributed by atoms with E-state index in [9.17, 15) is 20.1 Å². The number of nitrogens with one attached hydrogen (secondary N) is 2. The molecule has 0 saturated carbocycles. The quantitative estimate of drug-likeness (QED) is 0.390. The molecule has 6 nitrogen and oxygen atoms in total. The topological polar surface area (TPSA) is 113 Å². The molecule has 0 aliphatic heterocycles. The highest BCUT2D eigenvalue weighted by Gasteiger charge is 2.15. The highest BCUT2D eigenvalue weighted by atomic mass is 16.1. The molecule has 0 amide bonds. The Morgan fingerprint density at radius 2 is 1.00 bits per heavy atom. The highest BCUT2D eigenvalue weighted by molar-refractivity contribution is 6.11. The van der Waals surface area contributed by atoms with Crippen molar-refractivity contribution in [1.82, 2.24) is 9.97 Å². The number of aromatic amines is 2. The molecule has 6 rings (SSSR count). The van der Waals surface area contributed by atoms with Gasteiger partial charge in [-0.05, 0) is 35.0 Å². The van der Waals surface area contributed by atoms with Crippen LogP contribution in [0.1, 0.15) is 11.1 Å². The molecule has 0 bridgehead atoms. The van der Waals surface area contributed by atoms with Crippen molar-refractivity contribution in [2.45, 2.75) is 0 Å². The second-order valence-corrected chi connectivity index (χ2v) is 7.67. The summed E-state index contributed by atoms with van der Waals surface area (Å²) in [5.74, 6) is 0. The zero-order valence-electron chi connectivity index (χ0n) is 16.5. The lowest BCUT2D eigenvalue weighted by molar-refractivity contribution is 1.17. The molecule has 6 heteroatoms. The molecule has 0 radical (unpaired) electrons. The minimum absolute atomic E-state index is 0.0631. The van der Waals surface area contributed by atoms with Crippen molar-refractivity contribution in [3.63, 3.8) is 0 Å². The van der Waals surface area contributed by atoms with Crippen LogP contribution in [0.25, 0.3) is 43.4 Å². The number of hydrogen-bond donors (Lipinski definition) is 2. The first kappa shape index (κ1) is 17.9. The van der Waals surface area contributed by atoms with Gasteiger partial charge in [0.15, 0.2) is 0 Å². The third kappa shape index (κ3) is 2.21. The first-order valence-corrected chi connectivity index (χ1v) is 9.91. The summed E-state index contributed by atoms with van der Waals surface area (Å²) in [5, 5.41) is 22.9. The lowest BCUT2D eigenvalue weighted by atomic mass is 9.98. The van der Waals surface area contributed by atoms with Crippen LogP contribution in [-0.2, 0) is 0 Å². The maximum Gasteiger partial charge on any atom is 0.213 e. The summed E-state index contributed by atoms with van der Waals surface area (Å²) in [5.41, 5.74) is 0.905. The zero-order chi connectivity index (χ0) is 22.0. The number of benzene rings is 4. The molecule has 2 heterocycles. The molecule has 4 aromatic carbocycles. The van der Waals surface area contributed by atoms with Gasteiger partial charge in [-0.25, -0.2) is 0 Å². The second kappa shape index (κ2) is 6.28. The van der Waals surface area contributed by atoms with Gasteiger partial charge in [0.1, 0.15) is 10.7 Å². The molecule has 32 heavy (non-hydrogen) atoms. The average Bonchev–Trinajstić information content (AvgIpc) is 2.83. The summed E-state index contributed by atoms with van der Waals surface area (Å²) >= 11 is 0. The number of rotatable bonds is 0. The van der Waals surface area contributed by atoms with Crippen molar-refractivity contribution in [3.8, 4) is 12.1 Å². The molecular weight excluding hydrogens is 400 g/mol. The van der Waals surface area contributed by atoms with E-state index in [1.807, 2.05) is 36.4 Å². The van der Waals surface area contributed by atoms with Crippen LogP contribution in [0.2, 0.25) is 0 Å². The van der Waals surface area contributed by atoms with Gasteiger partial charge in [-0.3, -0.25) is 9.59 Å². The maximum absolute atomic E-state index is 13.6. The molecule has 2 aromatic heterocycles. The van der Waals surface area contributed by atoms with Crippen LogP contribution in [0.4, 0.5) is 0 Å². The standard InChI is InChI=1S/C26H12N4O2/c27-11-15-9-7-13-3-1-5-17-19(13)21(15)25(31)23(29-17)24-26(32)22-16(12-28)10-8-14-4-2-6-18(30-24)20(14)22/h1-10,29-30H/b24-23-. The first-order valence-electron chi connectivity index (χ1n) is 9.91. The van der Waals surface area contributed by atoms with Crippen LogP contribution in [0.15, 0.2) is 70.3 Å². The third-order valence-corrected chi connectivity index (χ3v) is 6.01. The summed E-state index contributed by atoms with van der Waals surface area (Å²) in [6.07, 6.45) is 0. The molecule has 0 saturated heterocycles. The van der Waals surface area contributed by atoms with Gasteiger partial charge >= 0.3 is 0 Å². The van der Waals surface area contributed by atoms with Crippen LogP contribution in [0, 0.1) is 33.4 Å². The number of pyridine rings is 2. The van der Waals surface area contributed by atoms with Crippen molar-refractivity contribution in [2.24, 2.45) is 0 Å². The van der Waals surface area contributed by atoms with E-state index < -0.39 is 10.9 Å². The molecule has 0 spiro atoms. The van der Waals surface area contributed by atoms with E-state index in [0.717, 1.165) is 10.8 Å². The zero-order valence-corrected chi connectivity index (χ0v) is 16.5. The summed E-state index contributed by atoms with van der Waals surface area (Å²) < 4.78 is 0. The van der Waals surface area contributed by atoms with Crippen LogP contribution < -0.4 is 10.9 Å². The fraction of sp³-hybridized carbons (Fsp3) is 0. The number of nitriles is 2. The average molecular weight is 412 g/mol. The van der Waals surface area contributed by atoms with Crippen molar-refractivity contribution >= 4 is 43.4 Å². The van der Waals surface area contributed by atoms with E-state index in [0.29, 0.717) is 21.8 Å². The van der Waals surface area contributed by atoms with Gasteiger partial charge in [-0.2, -0.15) is 10.5 Å². The highest BCUT2D eigenvalue weighted by Crippen LogP contribution is 2.27. The lowest BCUT2D eigenvalue weighted by Gasteiger charge is -2.08. The molecule has 2 N–H and O–H groups in total. The predicted octanol–water partition coefficient (Wildman–Crippen LogP) is 4.14. The monoisotopic (exact) mass is 412 g/mol. The lowest BCUT2D eigenvalue weighted by Crippen LogP contribution is -2.15. The molecular formula is C26H12N4O2. The Morgan fingerprint density at radius 3 is 1.41 bits per heavy atom. The fourth-order valence-electron chi connectivity index (χ4n) is 4.61. The van der Waals surface area contributed by atoms with Gasteiger partial charge in [-0.1, -0.05) is 36.4 Å². The first-order chi connectivity index (χ1) is 15.6. The van der Waals surface area contributed by atoms with Crippen molar-refractivity contribution in [1.29, 1.82) is 10.5 Å². The number of nitrogens with zero attached hydrogens (tertiary/aromatic N) is 2. The number of H-pyrrole nitrogens is 2. The SMILES string of the molecule is N#Cc1ccc2cccc3[nH]/c(=c4\[nH]c5cccc6ccc(C#N)c(c4=O)c65)c(=O)c1c23. The van der Waals surface area contributed by atoms with E-state index in [1.165, 1.54) is 0 Å². The molecule has 0 aliphatic rings. The minimum atomic E-state index is -0.438. The van der Waals surface area contributed by atoms with Crippen LogP contribution in [-0.4, -0.2) is 9.97 Å². The molecule has 148 valence electrons. The van der Waals surface area contributed by atoms with E-state index in [2.05, 4.69) is 22.1 Å². The Kier molecular flexibility index (Phi) is 3.51. The predicted molar refractivity (Wildman–Crippen MR) is 122 cm³/mol. The largest absolute Gasteiger partial charge is 0.350 e. The number of aromatic nitrogens is 2. The third-order valence-electron chi connectivity index (χ3n) is 6.01. The summed E-state index contributed by atoms with van der Waals surface area (Å²) in [7, 11) is 0. The molecule has 6 aromatic rings. The van der Waals surface area contributed by atoms with Gasteiger partial charge in [0.05, 0.1) is 34.0 Å². The van der Waals surface area contributed by atoms with Crippen LogP contribution >= 0.6 is 0 Å². The Balaban J connectivity index is 2.01. The Morgan fingerprint density at radius 1 is 0.562 bits per heavy atom. The molecule has 0 unspecified atom stereocenters. The van der Waals surface area contributed by atoms with Crippen LogP contribution in [0.3, 0.4) is 0 Å². The van der Waals surface area contributed by atoms with Gasteiger partial charge in [0.2, 0.25) is 10.9 Å². The molecule has 0 atom stereocenters. The molecule has 0 aliphatic carbocycles. The fourth-order valence-corrected chi connectivity index (χ4v) is 4.61. The van der Waals surface area contributed by atoms with E-state index in [4.69, 9.17) is 0 Å². The van der Waals surface area contributed by atoms with E-state index in [1.54, 1.807) is 24.3 Å². The van der Waals surface area contributed by atoms with Crippen molar-refractivity contribution in [3.05, 3.63) is 103 Å². The maximum atomic E-state index is 13.6. The van der Waals surface area contributed by atoms with Gasteiger partial charge in [-0.15, -0.1) is 0 Å². The summed E-state index contributed by atoms with van der Waals surface area (Å²) in [4.78, 5) is 33.5. The summed E-state index contributed by atoms with van der Waals surface area (Å²) in [6, 6.07) is 22.1. The second-order valence-electron chi connectivity index (χ2n) is 7.67. The number of hydrogen-bond acceptors (Lipinski definition) is 4.